The lowest BCUT2D eigenvalue weighted by molar-refractivity contribution is -0.114. The first-order valence-corrected chi connectivity index (χ1v) is 8.02. The third kappa shape index (κ3) is 4.33. The summed E-state index contributed by atoms with van der Waals surface area (Å²) in [4.78, 5) is 24.0. The first kappa shape index (κ1) is 17.8. The minimum atomic E-state index is -1.61. The molecule has 1 aliphatic carbocycles. The molecule has 3 N–H and O–H groups in total. The Morgan fingerprint density at radius 3 is 2.54 bits per heavy atom. The van der Waals surface area contributed by atoms with E-state index in [1.54, 1.807) is 18.2 Å². The van der Waals surface area contributed by atoms with Crippen LogP contribution in [0.15, 0.2) is 36.4 Å². The topological polar surface area (TPSA) is 70.2 Å². The lowest BCUT2D eigenvalue weighted by Gasteiger charge is -2.10. The van der Waals surface area contributed by atoms with Crippen molar-refractivity contribution in [1.29, 1.82) is 0 Å². The summed E-state index contributed by atoms with van der Waals surface area (Å²) in [6.45, 7) is -0.361. The van der Waals surface area contributed by atoms with Crippen molar-refractivity contribution < 1.29 is 22.8 Å². The van der Waals surface area contributed by atoms with Crippen LogP contribution in [0.25, 0.3) is 0 Å². The Morgan fingerprint density at radius 1 is 1.04 bits per heavy atom. The Hall–Kier alpha value is -3.03. The molecule has 2 aromatic rings. The van der Waals surface area contributed by atoms with E-state index in [-0.39, 0.29) is 24.2 Å². The maximum Gasteiger partial charge on any atom is 0.251 e. The van der Waals surface area contributed by atoms with E-state index in [9.17, 15) is 22.8 Å². The zero-order valence-electron chi connectivity index (χ0n) is 13.6. The molecular weight excluding hydrogens is 347 g/mol. The zero-order valence-corrected chi connectivity index (χ0v) is 13.6. The van der Waals surface area contributed by atoms with Gasteiger partial charge in [-0.2, -0.15) is 0 Å². The predicted octanol–water partition coefficient (Wildman–Crippen LogP) is 3.05. The van der Waals surface area contributed by atoms with Crippen LogP contribution in [0.3, 0.4) is 0 Å². The van der Waals surface area contributed by atoms with Gasteiger partial charge in [-0.25, -0.2) is 13.2 Å². The molecule has 0 radical (unpaired) electrons. The van der Waals surface area contributed by atoms with Crippen LogP contribution in [0, 0.1) is 17.5 Å². The molecule has 5 nitrogen and oxygen atoms in total. The van der Waals surface area contributed by atoms with Gasteiger partial charge in [0.15, 0.2) is 17.5 Å². The number of carbonyl (C=O) groups is 2. The van der Waals surface area contributed by atoms with E-state index in [0.29, 0.717) is 11.3 Å². The highest BCUT2D eigenvalue weighted by Gasteiger charge is 2.23. The molecule has 0 aromatic heterocycles. The smallest absolute Gasteiger partial charge is 0.251 e. The molecule has 0 spiro atoms. The number of benzene rings is 2. The van der Waals surface area contributed by atoms with Gasteiger partial charge in [0.25, 0.3) is 5.91 Å². The lowest BCUT2D eigenvalue weighted by atomic mass is 10.2. The normalized spacial score (nSPS) is 13.2. The third-order valence-electron chi connectivity index (χ3n) is 3.80. The van der Waals surface area contributed by atoms with Gasteiger partial charge in [0.1, 0.15) is 0 Å². The molecule has 0 unspecified atom stereocenters. The van der Waals surface area contributed by atoms with Crippen molar-refractivity contribution in [2.45, 2.75) is 18.9 Å². The summed E-state index contributed by atoms with van der Waals surface area (Å²) in [5, 5.41) is 7.79. The fourth-order valence-corrected chi connectivity index (χ4v) is 2.28. The van der Waals surface area contributed by atoms with E-state index in [1.807, 2.05) is 0 Å². The molecule has 0 bridgehead atoms. The predicted molar refractivity (Wildman–Crippen MR) is 90.4 cm³/mol. The summed E-state index contributed by atoms with van der Waals surface area (Å²) in [6, 6.07) is 8.36. The first-order valence-electron chi connectivity index (χ1n) is 8.02. The number of anilines is 2. The van der Waals surface area contributed by atoms with E-state index in [2.05, 4.69) is 16.0 Å². The van der Waals surface area contributed by atoms with E-state index >= 15 is 0 Å². The number of rotatable bonds is 6. The quantitative estimate of drug-likeness (QED) is 0.691. The third-order valence-corrected chi connectivity index (χ3v) is 3.80. The fourth-order valence-electron chi connectivity index (χ4n) is 2.28. The van der Waals surface area contributed by atoms with Crippen LogP contribution in [0.2, 0.25) is 0 Å². The molecule has 26 heavy (non-hydrogen) atoms. The lowest BCUT2D eigenvalue weighted by Crippen LogP contribution is -2.26. The Labute approximate surface area is 147 Å². The summed E-state index contributed by atoms with van der Waals surface area (Å²) >= 11 is 0. The van der Waals surface area contributed by atoms with Gasteiger partial charge < -0.3 is 16.0 Å². The number of amides is 2. The Balaban J connectivity index is 1.58. The minimum Gasteiger partial charge on any atom is -0.374 e. The van der Waals surface area contributed by atoms with Crippen LogP contribution < -0.4 is 16.0 Å². The second-order valence-corrected chi connectivity index (χ2v) is 5.95. The maximum absolute atomic E-state index is 13.5. The molecule has 3 rings (SSSR count). The number of nitrogens with one attached hydrogen (secondary N) is 3. The largest absolute Gasteiger partial charge is 0.374 e. The van der Waals surface area contributed by atoms with E-state index < -0.39 is 23.4 Å². The van der Waals surface area contributed by atoms with Gasteiger partial charge in [0.2, 0.25) is 5.91 Å². The van der Waals surface area contributed by atoms with E-state index in [1.165, 1.54) is 6.07 Å². The highest BCUT2D eigenvalue weighted by atomic mass is 19.2. The van der Waals surface area contributed by atoms with Crippen molar-refractivity contribution in [3.63, 3.8) is 0 Å². The number of carbonyl (C=O) groups excluding carboxylic acids is 2. The minimum absolute atomic E-state index is 0.217. The van der Waals surface area contributed by atoms with E-state index in [4.69, 9.17) is 0 Å². The Kier molecular flexibility index (Phi) is 5.11. The van der Waals surface area contributed by atoms with E-state index in [0.717, 1.165) is 25.0 Å². The van der Waals surface area contributed by atoms with Gasteiger partial charge in [-0.15, -0.1) is 0 Å². The second kappa shape index (κ2) is 7.47. The fraction of sp³-hybridized carbons (Fsp3) is 0.222. The zero-order chi connectivity index (χ0) is 18.7. The van der Waals surface area contributed by atoms with Crippen molar-refractivity contribution in [3.05, 3.63) is 59.4 Å². The Bertz CT molecular complexity index is 854. The highest BCUT2D eigenvalue weighted by Crippen LogP contribution is 2.21. The number of hydrogen-bond acceptors (Lipinski definition) is 3. The highest BCUT2D eigenvalue weighted by molar-refractivity contribution is 5.98. The molecule has 2 amide bonds. The van der Waals surface area contributed by atoms with Crippen molar-refractivity contribution >= 4 is 23.2 Å². The summed E-state index contributed by atoms with van der Waals surface area (Å²) in [5.41, 5.74) is 0.483. The molecule has 0 saturated heterocycles. The average Bonchev–Trinajstić information content (AvgIpc) is 3.43. The van der Waals surface area contributed by atoms with Crippen LogP contribution in [0.5, 0.6) is 0 Å². The summed E-state index contributed by atoms with van der Waals surface area (Å²) in [5.74, 6) is -5.06. The molecule has 1 fully saturated rings. The molecule has 8 heteroatoms. The molecule has 0 heterocycles. The van der Waals surface area contributed by atoms with Gasteiger partial charge in [0.05, 0.1) is 12.2 Å². The van der Waals surface area contributed by atoms with Crippen molar-refractivity contribution in [2.75, 3.05) is 17.2 Å². The van der Waals surface area contributed by atoms with Crippen LogP contribution >= 0.6 is 0 Å². The Morgan fingerprint density at radius 2 is 1.81 bits per heavy atom. The molecule has 1 aliphatic rings. The van der Waals surface area contributed by atoms with Crippen molar-refractivity contribution in [1.82, 2.24) is 5.32 Å². The van der Waals surface area contributed by atoms with Crippen molar-refractivity contribution in [3.8, 4) is 0 Å². The van der Waals surface area contributed by atoms with Crippen LogP contribution in [-0.4, -0.2) is 24.4 Å². The molecule has 2 aromatic carbocycles. The van der Waals surface area contributed by atoms with Crippen LogP contribution in [-0.2, 0) is 4.79 Å². The monoisotopic (exact) mass is 363 g/mol. The van der Waals surface area contributed by atoms with Crippen LogP contribution in [0.4, 0.5) is 24.5 Å². The SMILES string of the molecule is O=C(CNc1ccc(F)c(F)c1F)Nc1cccc(C(=O)NC2CC2)c1. The van der Waals surface area contributed by atoms with Gasteiger partial charge in [-0.05, 0) is 43.2 Å². The molecule has 136 valence electrons. The summed E-state index contributed by atoms with van der Waals surface area (Å²) in [7, 11) is 0. The van der Waals surface area contributed by atoms with Crippen molar-refractivity contribution in [2.24, 2.45) is 0 Å². The van der Waals surface area contributed by atoms with Gasteiger partial charge >= 0.3 is 0 Å². The number of halogens is 3. The molecule has 0 aliphatic heterocycles. The standard InChI is InChI=1S/C18H16F3N3O2/c19-13-6-7-14(17(21)16(13)20)22-9-15(25)23-12-3-1-2-10(8-12)18(26)24-11-4-5-11/h1-3,6-8,11,22H,4-5,9H2,(H,23,25)(H,24,26). The second-order valence-electron chi connectivity index (χ2n) is 5.95. The van der Waals surface area contributed by atoms with Crippen LogP contribution in [0.1, 0.15) is 23.2 Å². The molecule has 0 atom stereocenters. The molecular formula is C18H16F3N3O2. The summed E-state index contributed by atoms with van der Waals surface area (Å²) < 4.78 is 39.6. The molecule has 1 saturated carbocycles. The number of hydrogen-bond donors (Lipinski definition) is 3. The maximum atomic E-state index is 13.5. The van der Waals surface area contributed by atoms with Gasteiger partial charge in [-0.3, -0.25) is 9.59 Å². The summed E-state index contributed by atoms with van der Waals surface area (Å²) in [6.07, 6.45) is 1.93. The van der Waals surface area contributed by atoms with Gasteiger partial charge in [-0.1, -0.05) is 6.07 Å². The average molecular weight is 363 g/mol. The van der Waals surface area contributed by atoms with Gasteiger partial charge in [0, 0.05) is 17.3 Å². The first-order chi connectivity index (χ1) is 12.4.